The standard InChI is InChI=1S/C10H9BrOS2/c11-9-3-5-14-10(9)7-12-6-8-2-1-4-13-8/h1-5H,6-7H2. The van der Waals surface area contributed by atoms with Crippen molar-refractivity contribution >= 4 is 38.6 Å². The van der Waals surface area contributed by atoms with Crippen LogP contribution in [0.25, 0.3) is 0 Å². The first-order valence-corrected chi connectivity index (χ1v) is 6.73. The van der Waals surface area contributed by atoms with Crippen LogP contribution in [0.5, 0.6) is 0 Å². The average molecular weight is 289 g/mol. The Labute approximate surface area is 99.5 Å². The van der Waals surface area contributed by atoms with Gasteiger partial charge in [0.25, 0.3) is 0 Å². The lowest BCUT2D eigenvalue weighted by Gasteiger charge is -2.00. The van der Waals surface area contributed by atoms with Crippen LogP contribution in [-0.2, 0) is 18.0 Å². The molecule has 2 aromatic heterocycles. The first-order chi connectivity index (χ1) is 6.86. The Bertz CT molecular complexity index is 380. The number of ether oxygens (including phenoxy) is 1. The van der Waals surface area contributed by atoms with Crippen LogP contribution in [0.2, 0.25) is 0 Å². The SMILES string of the molecule is Brc1ccsc1COCc1cccs1. The number of rotatable bonds is 4. The molecule has 14 heavy (non-hydrogen) atoms. The number of halogens is 1. The molecule has 74 valence electrons. The maximum atomic E-state index is 5.59. The molecular formula is C10H9BrOS2. The summed E-state index contributed by atoms with van der Waals surface area (Å²) in [5.41, 5.74) is 0. The molecule has 0 aliphatic rings. The van der Waals surface area contributed by atoms with E-state index >= 15 is 0 Å². The van der Waals surface area contributed by atoms with Crippen molar-refractivity contribution in [2.75, 3.05) is 0 Å². The van der Waals surface area contributed by atoms with Crippen molar-refractivity contribution in [3.8, 4) is 0 Å². The summed E-state index contributed by atoms with van der Waals surface area (Å²) >= 11 is 6.93. The smallest absolute Gasteiger partial charge is 0.0825 e. The van der Waals surface area contributed by atoms with E-state index in [1.165, 1.54) is 9.75 Å². The lowest BCUT2D eigenvalue weighted by Crippen LogP contribution is -1.90. The van der Waals surface area contributed by atoms with Crippen LogP contribution in [0, 0.1) is 0 Å². The molecule has 0 aliphatic heterocycles. The van der Waals surface area contributed by atoms with Gasteiger partial charge in [0.05, 0.1) is 13.2 Å². The fourth-order valence-electron chi connectivity index (χ4n) is 1.07. The van der Waals surface area contributed by atoms with Gasteiger partial charge in [-0.3, -0.25) is 0 Å². The molecule has 0 unspecified atom stereocenters. The lowest BCUT2D eigenvalue weighted by atomic mass is 10.5. The summed E-state index contributed by atoms with van der Waals surface area (Å²) in [6.07, 6.45) is 0. The Hall–Kier alpha value is -0.160. The molecule has 2 aromatic rings. The molecule has 0 N–H and O–H groups in total. The minimum absolute atomic E-state index is 0.691. The van der Waals surface area contributed by atoms with Gasteiger partial charge in [0.2, 0.25) is 0 Å². The fourth-order valence-corrected chi connectivity index (χ4v) is 3.11. The first kappa shape index (κ1) is 10.4. The largest absolute Gasteiger partial charge is 0.370 e. The van der Waals surface area contributed by atoms with E-state index in [0.29, 0.717) is 13.2 Å². The minimum atomic E-state index is 0.691. The molecule has 4 heteroatoms. The number of hydrogen-bond acceptors (Lipinski definition) is 3. The molecule has 0 fully saturated rings. The molecular weight excluding hydrogens is 280 g/mol. The van der Waals surface area contributed by atoms with E-state index in [0.717, 1.165) is 4.47 Å². The third kappa shape index (κ3) is 2.67. The van der Waals surface area contributed by atoms with Crippen LogP contribution in [0.3, 0.4) is 0 Å². The third-order valence-corrected chi connectivity index (χ3v) is 4.50. The molecule has 0 spiro atoms. The molecule has 0 amide bonds. The van der Waals surface area contributed by atoms with Crippen LogP contribution in [0.15, 0.2) is 33.4 Å². The minimum Gasteiger partial charge on any atom is -0.370 e. The van der Waals surface area contributed by atoms with Crippen LogP contribution in [-0.4, -0.2) is 0 Å². The predicted octanol–water partition coefficient (Wildman–Crippen LogP) is 4.29. The second kappa shape index (κ2) is 5.07. The second-order valence-electron chi connectivity index (χ2n) is 2.76. The van der Waals surface area contributed by atoms with Crippen molar-refractivity contribution in [2.45, 2.75) is 13.2 Å². The van der Waals surface area contributed by atoms with Crippen molar-refractivity contribution in [1.29, 1.82) is 0 Å². The van der Waals surface area contributed by atoms with Gasteiger partial charge >= 0.3 is 0 Å². The van der Waals surface area contributed by atoms with Crippen LogP contribution in [0.4, 0.5) is 0 Å². The molecule has 0 aromatic carbocycles. The quantitative estimate of drug-likeness (QED) is 0.816. The van der Waals surface area contributed by atoms with Crippen LogP contribution in [0.1, 0.15) is 9.75 Å². The summed E-state index contributed by atoms with van der Waals surface area (Å²) in [7, 11) is 0. The second-order valence-corrected chi connectivity index (χ2v) is 5.65. The maximum absolute atomic E-state index is 5.59. The Kier molecular flexibility index (Phi) is 3.75. The Morgan fingerprint density at radius 2 is 2.07 bits per heavy atom. The zero-order valence-electron chi connectivity index (χ0n) is 7.40. The first-order valence-electron chi connectivity index (χ1n) is 4.18. The van der Waals surface area contributed by atoms with E-state index in [2.05, 4.69) is 38.8 Å². The van der Waals surface area contributed by atoms with Gasteiger partial charge in [0, 0.05) is 14.2 Å². The van der Waals surface area contributed by atoms with Gasteiger partial charge in [0.15, 0.2) is 0 Å². The zero-order chi connectivity index (χ0) is 9.80. The number of hydrogen-bond donors (Lipinski definition) is 0. The third-order valence-electron chi connectivity index (χ3n) is 1.75. The molecule has 2 heterocycles. The number of thiophene rings is 2. The van der Waals surface area contributed by atoms with Gasteiger partial charge in [-0.15, -0.1) is 22.7 Å². The molecule has 0 atom stereocenters. The van der Waals surface area contributed by atoms with E-state index in [1.807, 2.05) is 6.07 Å². The summed E-state index contributed by atoms with van der Waals surface area (Å²) in [6, 6.07) is 6.19. The van der Waals surface area contributed by atoms with Gasteiger partial charge in [-0.2, -0.15) is 0 Å². The van der Waals surface area contributed by atoms with Gasteiger partial charge in [-0.1, -0.05) is 6.07 Å². The van der Waals surface area contributed by atoms with E-state index < -0.39 is 0 Å². The van der Waals surface area contributed by atoms with E-state index in [1.54, 1.807) is 22.7 Å². The Morgan fingerprint density at radius 1 is 1.14 bits per heavy atom. The molecule has 0 saturated carbocycles. The highest BCUT2D eigenvalue weighted by Crippen LogP contribution is 2.23. The topological polar surface area (TPSA) is 9.23 Å². The van der Waals surface area contributed by atoms with Gasteiger partial charge in [-0.25, -0.2) is 0 Å². The van der Waals surface area contributed by atoms with Crippen molar-refractivity contribution in [3.63, 3.8) is 0 Å². The molecule has 0 bridgehead atoms. The summed E-state index contributed by atoms with van der Waals surface area (Å²) < 4.78 is 6.74. The zero-order valence-corrected chi connectivity index (χ0v) is 10.6. The lowest BCUT2D eigenvalue weighted by molar-refractivity contribution is 0.111. The highest BCUT2D eigenvalue weighted by Gasteiger charge is 2.01. The predicted molar refractivity (Wildman–Crippen MR) is 64.8 cm³/mol. The van der Waals surface area contributed by atoms with Gasteiger partial charge in [-0.05, 0) is 38.8 Å². The van der Waals surface area contributed by atoms with Crippen molar-refractivity contribution in [3.05, 3.63) is 43.2 Å². The normalized spacial score (nSPS) is 10.6. The molecule has 0 aliphatic carbocycles. The summed E-state index contributed by atoms with van der Waals surface area (Å²) in [5, 5.41) is 4.13. The fraction of sp³-hybridized carbons (Fsp3) is 0.200. The van der Waals surface area contributed by atoms with E-state index in [-0.39, 0.29) is 0 Å². The molecule has 0 saturated heterocycles. The Balaban J connectivity index is 1.81. The summed E-state index contributed by atoms with van der Waals surface area (Å²) in [5.74, 6) is 0. The monoisotopic (exact) mass is 288 g/mol. The summed E-state index contributed by atoms with van der Waals surface area (Å²) in [4.78, 5) is 2.53. The van der Waals surface area contributed by atoms with Crippen molar-refractivity contribution < 1.29 is 4.74 Å². The highest BCUT2D eigenvalue weighted by atomic mass is 79.9. The Morgan fingerprint density at radius 3 is 2.71 bits per heavy atom. The highest BCUT2D eigenvalue weighted by molar-refractivity contribution is 9.10. The molecule has 1 nitrogen and oxygen atoms in total. The van der Waals surface area contributed by atoms with E-state index in [4.69, 9.17) is 4.74 Å². The van der Waals surface area contributed by atoms with Gasteiger partial charge < -0.3 is 4.74 Å². The van der Waals surface area contributed by atoms with Crippen molar-refractivity contribution in [2.24, 2.45) is 0 Å². The summed E-state index contributed by atoms with van der Waals surface area (Å²) in [6.45, 7) is 1.40. The van der Waals surface area contributed by atoms with Crippen LogP contribution < -0.4 is 0 Å². The van der Waals surface area contributed by atoms with Gasteiger partial charge in [0.1, 0.15) is 0 Å². The average Bonchev–Trinajstić information content (AvgIpc) is 2.78. The molecule has 2 rings (SSSR count). The van der Waals surface area contributed by atoms with Crippen LogP contribution >= 0.6 is 38.6 Å². The maximum Gasteiger partial charge on any atom is 0.0825 e. The molecule has 0 radical (unpaired) electrons. The van der Waals surface area contributed by atoms with Crippen molar-refractivity contribution in [1.82, 2.24) is 0 Å². The van der Waals surface area contributed by atoms with E-state index in [9.17, 15) is 0 Å².